The number of aryl methyl sites for hydroxylation is 1. The Balaban J connectivity index is 2.01. The Morgan fingerprint density at radius 3 is 2.79 bits per heavy atom. The molecule has 1 aliphatic carbocycles. The summed E-state index contributed by atoms with van der Waals surface area (Å²) in [6.07, 6.45) is 3.82. The third-order valence-corrected chi connectivity index (χ3v) is 4.26. The molecule has 1 aromatic heterocycles. The summed E-state index contributed by atoms with van der Waals surface area (Å²) in [6, 6.07) is 0.605. The first-order chi connectivity index (χ1) is 6.64. The molecule has 2 rings (SSSR count). The average Bonchev–Trinajstić information content (AvgIpc) is 2.76. The van der Waals surface area contributed by atoms with E-state index in [4.69, 9.17) is 0 Å². The van der Waals surface area contributed by atoms with Crippen molar-refractivity contribution in [1.82, 2.24) is 10.3 Å². The summed E-state index contributed by atoms with van der Waals surface area (Å²) >= 11 is 1.79. The third-order valence-electron chi connectivity index (χ3n) is 3.27. The Hall–Kier alpha value is -0.410. The molecule has 1 unspecified atom stereocenters. The van der Waals surface area contributed by atoms with E-state index in [-0.39, 0.29) is 0 Å². The van der Waals surface area contributed by atoms with Crippen LogP contribution < -0.4 is 5.32 Å². The summed E-state index contributed by atoms with van der Waals surface area (Å²) in [6.45, 7) is 4.43. The highest BCUT2D eigenvalue weighted by Crippen LogP contribution is 2.48. The Morgan fingerprint density at radius 1 is 1.64 bits per heavy atom. The van der Waals surface area contributed by atoms with Gasteiger partial charge >= 0.3 is 0 Å². The monoisotopic (exact) mass is 210 g/mol. The normalized spacial score (nSPS) is 20.8. The zero-order chi connectivity index (χ0) is 10.2. The van der Waals surface area contributed by atoms with Gasteiger partial charge in [-0.15, -0.1) is 11.3 Å². The van der Waals surface area contributed by atoms with E-state index in [0.29, 0.717) is 11.5 Å². The van der Waals surface area contributed by atoms with Crippen molar-refractivity contribution in [3.05, 3.63) is 16.1 Å². The zero-order valence-electron chi connectivity index (χ0n) is 9.13. The smallest absolute Gasteiger partial charge is 0.0943 e. The number of nitrogens with one attached hydrogen (secondary N) is 1. The fourth-order valence-corrected chi connectivity index (χ4v) is 2.73. The number of hydrogen-bond donors (Lipinski definition) is 1. The Morgan fingerprint density at radius 2 is 2.36 bits per heavy atom. The molecular weight excluding hydrogens is 192 g/mol. The molecule has 1 aromatic rings. The molecule has 0 amide bonds. The van der Waals surface area contributed by atoms with Gasteiger partial charge in [0.2, 0.25) is 0 Å². The van der Waals surface area contributed by atoms with Gasteiger partial charge in [-0.1, -0.05) is 6.92 Å². The van der Waals surface area contributed by atoms with E-state index in [1.54, 1.807) is 11.3 Å². The van der Waals surface area contributed by atoms with E-state index < -0.39 is 0 Å². The molecule has 1 saturated carbocycles. The second kappa shape index (κ2) is 3.63. The fourth-order valence-electron chi connectivity index (χ4n) is 1.91. The number of hydrogen-bond acceptors (Lipinski definition) is 3. The largest absolute Gasteiger partial charge is 0.316 e. The van der Waals surface area contributed by atoms with Gasteiger partial charge in [0.05, 0.1) is 5.01 Å². The lowest BCUT2D eigenvalue weighted by atomic mass is 9.96. The van der Waals surface area contributed by atoms with Gasteiger partial charge in [0.1, 0.15) is 0 Å². The summed E-state index contributed by atoms with van der Waals surface area (Å²) in [5.74, 6) is 0. The SMILES string of the molecule is CNC(Cc1nc(C)cs1)C1(C)CC1. The first kappa shape index (κ1) is 10.1. The van der Waals surface area contributed by atoms with Crippen LogP contribution in [-0.2, 0) is 6.42 Å². The van der Waals surface area contributed by atoms with Crippen LogP contribution >= 0.6 is 11.3 Å². The van der Waals surface area contributed by atoms with E-state index in [0.717, 1.165) is 12.1 Å². The number of aromatic nitrogens is 1. The predicted molar refractivity (Wildman–Crippen MR) is 60.7 cm³/mol. The molecule has 1 atom stereocenters. The molecule has 1 fully saturated rings. The number of likely N-dealkylation sites (N-methyl/N-ethyl adjacent to an activating group) is 1. The molecule has 1 heterocycles. The molecule has 14 heavy (non-hydrogen) atoms. The lowest BCUT2D eigenvalue weighted by Gasteiger charge is -2.21. The minimum Gasteiger partial charge on any atom is -0.316 e. The van der Waals surface area contributed by atoms with Gasteiger partial charge in [-0.25, -0.2) is 4.98 Å². The summed E-state index contributed by atoms with van der Waals surface area (Å²) < 4.78 is 0. The van der Waals surface area contributed by atoms with Gasteiger partial charge in [-0.2, -0.15) is 0 Å². The van der Waals surface area contributed by atoms with E-state index in [1.165, 1.54) is 17.8 Å². The maximum absolute atomic E-state index is 4.52. The van der Waals surface area contributed by atoms with E-state index >= 15 is 0 Å². The summed E-state index contributed by atoms with van der Waals surface area (Å²) in [5.41, 5.74) is 1.69. The maximum Gasteiger partial charge on any atom is 0.0943 e. The van der Waals surface area contributed by atoms with Gasteiger partial charge in [0, 0.05) is 23.5 Å². The molecule has 2 nitrogen and oxygen atoms in total. The van der Waals surface area contributed by atoms with Crippen molar-refractivity contribution in [2.45, 2.75) is 39.2 Å². The molecule has 0 aliphatic heterocycles. The Bertz CT molecular complexity index is 315. The van der Waals surface area contributed by atoms with Gasteiger partial charge in [-0.05, 0) is 32.2 Å². The predicted octanol–water partition coefficient (Wildman–Crippen LogP) is 2.38. The quantitative estimate of drug-likeness (QED) is 0.825. The molecule has 78 valence electrons. The summed E-state index contributed by atoms with van der Waals surface area (Å²) in [4.78, 5) is 4.52. The molecule has 0 bridgehead atoms. The van der Waals surface area contributed by atoms with Crippen molar-refractivity contribution in [1.29, 1.82) is 0 Å². The molecule has 3 heteroatoms. The Kier molecular flexibility index (Phi) is 2.62. The highest BCUT2D eigenvalue weighted by Gasteiger charge is 2.44. The van der Waals surface area contributed by atoms with Gasteiger partial charge < -0.3 is 5.32 Å². The van der Waals surface area contributed by atoms with Crippen LogP contribution in [0, 0.1) is 12.3 Å². The first-order valence-electron chi connectivity index (χ1n) is 5.22. The van der Waals surface area contributed by atoms with Crippen LogP contribution in [0.5, 0.6) is 0 Å². The minimum absolute atomic E-state index is 0.536. The lowest BCUT2D eigenvalue weighted by molar-refractivity contribution is 0.375. The molecule has 0 saturated heterocycles. The van der Waals surface area contributed by atoms with E-state index in [2.05, 4.69) is 36.6 Å². The van der Waals surface area contributed by atoms with Crippen molar-refractivity contribution in [2.24, 2.45) is 5.41 Å². The fraction of sp³-hybridized carbons (Fsp3) is 0.727. The van der Waals surface area contributed by atoms with Gasteiger partial charge in [0.25, 0.3) is 0 Å². The van der Waals surface area contributed by atoms with Crippen LogP contribution in [0.1, 0.15) is 30.5 Å². The van der Waals surface area contributed by atoms with Crippen LogP contribution in [0.3, 0.4) is 0 Å². The third kappa shape index (κ3) is 1.98. The van der Waals surface area contributed by atoms with Crippen molar-refractivity contribution in [2.75, 3.05) is 7.05 Å². The standard InChI is InChI=1S/C11H18N2S/c1-8-7-14-10(13-8)6-9(12-3)11(2)4-5-11/h7,9,12H,4-6H2,1-3H3. The van der Waals surface area contributed by atoms with Crippen molar-refractivity contribution < 1.29 is 0 Å². The van der Waals surface area contributed by atoms with Crippen LogP contribution in [0.25, 0.3) is 0 Å². The van der Waals surface area contributed by atoms with Crippen molar-refractivity contribution in [3.8, 4) is 0 Å². The van der Waals surface area contributed by atoms with Crippen molar-refractivity contribution in [3.63, 3.8) is 0 Å². The number of rotatable bonds is 4. The molecule has 0 aromatic carbocycles. The van der Waals surface area contributed by atoms with E-state index in [9.17, 15) is 0 Å². The second-order valence-corrected chi connectivity index (χ2v) is 5.52. The molecular formula is C11H18N2S. The molecule has 0 spiro atoms. The van der Waals surface area contributed by atoms with Crippen LogP contribution in [-0.4, -0.2) is 18.1 Å². The molecule has 0 radical (unpaired) electrons. The molecule has 1 aliphatic rings. The minimum atomic E-state index is 0.536. The second-order valence-electron chi connectivity index (χ2n) is 4.58. The topological polar surface area (TPSA) is 24.9 Å². The molecule has 1 N–H and O–H groups in total. The zero-order valence-corrected chi connectivity index (χ0v) is 9.95. The average molecular weight is 210 g/mol. The van der Waals surface area contributed by atoms with Gasteiger partial charge in [0.15, 0.2) is 0 Å². The van der Waals surface area contributed by atoms with Crippen LogP contribution in [0.15, 0.2) is 5.38 Å². The highest BCUT2D eigenvalue weighted by molar-refractivity contribution is 7.09. The number of nitrogens with zero attached hydrogens (tertiary/aromatic N) is 1. The summed E-state index contributed by atoms with van der Waals surface area (Å²) in [7, 11) is 2.06. The van der Waals surface area contributed by atoms with Crippen LogP contribution in [0.4, 0.5) is 0 Å². The Labute approximate surface area is 89.8 Å². The van der Waals surface area contributed by atoms with Gasteiger partial charge in [-0.3, -0.25) is 0 Å². The highest BCUT2D eigenvalue weighted by atomic mass is 32.1. The van der Waals surface area contributed by atoms with Crippen molar-refractivity contribution >= 4 is 11.3 Å². The van der Waals surface area contributed by atoms with E-state index in [1.807, 2.05) is 0 Å². The summed E-state index contributed by atoms with van der Waals surface area (Å²) in [5, 5.41) is 6.84. The first-order valence-corrected chi connectivity index (χ1v) is 6.10. The van der Waals surface area contributed by atoms with Crippen LogP contribution in [0.2, 0.25) is 0 Å². The number of thiazole rings is 1. The lowest BCUT2D eigenvalue weighted by Crippen LogP contribution is -2.35. The maximum atomic E-state index is 4.52.